The first-order valence-electron chi connectivity index (χ1n) is 5.95. The number of aliphatic carboxylic acids is 1. The van der Waals surface area contributed by atoms with Crippen LogP contribution in [0, 0.1) is 0 Å². The second-order valence-corrected chi connectivity index (χ2v) is 3.98. The largest absolute Gasteiger partial charge is 0.480 e. The van der Waals surface area contributed by atoms with Crippen molar-refractivity contribution in [3.8, 4) is 0 Å². The summed E-state index contributed by atoms with van der Waals surface area (Å²) in [6, 6.07) is -0.861. The molecule has 1 amide bonds. The molecule has 1 aliphatic rings. The van der Waals surface area contributed by atoms with E-state index in [1.165, 1.54) is 4.90 Å². The minimum Gasteiger partial charge on any atom is -0.480 e. The number of carbonyl (C=O) groups is 2. The van der Waals surface area contributed by atoms with Gasteiger partial charge in [0.1, 0.15) is 0 Å². The van der Waals surface area contributed by atoms with Crippen molar-refractivity contribution in [1.29, 1.82) is 0 Å². The molecule has 0 aromatic rings. The van der Waals surface area contributed by atoms with E-state index in [9.17, 15) is 9.59 Å². The number of nitrogens with zero attached hydrogens (tertiary/aromatic N) is 1. The van der Waals surface area contributed by atoms with Crippen molar-refractivity contribution in [1.82, 2.24) is 4.90 Å². The molecule has 18 heavy (non-hydrogen) atoms. The lowest BCUT2D eigenvalue weighted by atomic mass is 10.2. The zero-order chi connectivity index (χ0) is 13.4. The summed E-state index contributed by atoms with van der Waals surface area (Å²) in [5.41, 5.74) is 0. The highest BCUT2D eigenvalue weighted by Crippen LogP contribution is 2.10. The fourth-order valence-electron chi connectivity index (χ4n) is 1.74. The second-order valence-electron chi connectivity index (χ2n) is 3.98. The van der Waals surface area contributed by atoms with E-state index in [0.717, 1.165) is 0 Å². The average molecular weight is 257 g/mol. The van der Waals surface area contributed by atoms with Crippen molar-refractivity contribution in [3.05, 3.63) is 12.7 Å². The van der Waals surface area contributed by atoms with E-state index in [4.69, 9.17) is 14.6 Å². The summed E-state index contributed by atoms with van der Waals surface area (Å²) in [4.78, 5) is 24.2. The van der Waals surface area contributed by atoms with Gasteiger partial charge in [-0.25, -0.2) is 4.79 Å². The SMILES string of the molecule is C=CCOCCCC(=O)N1CCOCC1C(=O)O. The zero-order valence-corrected chi connectivity index (χ0v) is 10.3. The van der Waals surface area contributed by atoms with Crippen molar-refractivity contribution in [2.75, 3.05) is 33.0 Å². The highest BCUT2D eigenvalue weighted by molar-refractivity contribution is 5.83. The van der Waals surface area contributed by atoms with Crippen molar-refractivity contribution >= 4 is 11.9 Å². The molecule has 0 spiro atoms. The molecule has 1 N–H and O–H groups in total. The smallest absolute Gasteiger partial charge is 0.328 e. The Morgan fingerprint density at radius 3 is 3.00 bits per heavy atom. The standard InChI is InChI=1S/C12H19NO5/c1-2-6-17-7-3-4-11(14)13-5-8-18-9-10(13)12(15)16/h2,10H,1,3-9H2,(H,15,16). The van der Waals surface area contributed by atoms with Crippen molar-refractivity contribution in [3.63, 3.8) is 0 Å². The number of morpholine rings is 1. The Labute approximate surface area is 106 Å². The molecule has 0 radical (unpaired) electrons. The van der Waals surface area contributed by atoms with Crippen LogP contribution in [-0.4, -0.2) is 60.9 Å². The molecule has 0 aromatic carbocycles. The van der Waals surface area contributed by atoms with Crippen LogP contribution in [-0.2, 0) is 19.1 Å². The number of hydrogen-bond donors (Lipinski definition) is 1. The molecule has 1 atom stereocenters. The monoisotopic (exact) mass is 257 g/mol. The van der Waals surface area contributed by atoms with Gasteiger partial charge >= 0.3 is 5.97 Å². The molecule has 0 bridgehead atoms. The summed E-state index contributed by atoms with van der Waals surface area (Å²) in [7, 11) is 0. The molecular weight excluding hydrogens is 238 g/mol. The summed E-state index contributed by atoms with van der Waals surface area (Å²) < 4.78 is 10.2. The van der Waals surface area contributed by atoms with E-state index < -0.39 is 12.0 Å². The van der Waals surface area contributed by atoms with E-state index in [-0.39, 0.29) is 12.5 Å². The summed E-state index contributed by atoms with van der Waals surface area (Å²) >= 11 is 0. The molecule has 1 unspecified atom stereocenters. The van der Waals surface area contributed by atoms with Gasteiger partial charge in [0.2, 0.25) is 5.91 Å². The Balaban J connectivity index is 2.34. The van der Waals surface area contributed by atoms with Crippen LogP contribution in [0.2, 0.25) is 0 Å². The van der Waals surface area contributed by atoms with Gasteiger partial charge in [0, 0.05) is 19.6 Å². The molecule has 1 fully saturated rings. The molecule has 1 saturated heterocycles. The maximum atomic E-state index is 11.9. The van der Waals surface area contributed by atoms with Gasteiger partial charge in [0.15, 0.2) is 6.04 Å². The second kappa shape index (κ2) is 7.84. The molecule has 6 nitrogen and oxygen atoms in total. The number of hydrogen-bond acceptors (Lipinski definition) is 4. The third kappa shape index (κ3) is 4.46. The molecule has 1 rings (SSSR count). The zero-order valence-electron chi connectivity index (χ0n) is 10.3. The van der Waals surface area contributed by atoms with Gasteiger partial charge in [0.05, 0.1) is 19.8 Å². The van der Waals surface area contributed by atoms with Crippen LogP contribution < -0.4 is 0 Å². The predicted octanol–water partition coefficient (Wildman–Crippen LogP) is 0.281. The van der Waals surface area contributed by atoms with Crippen LogP contribution in [0.15, 0.2) is 12.7 Å². The van der Waals surface area contributed by atoms with Crippen LogP contribution in [0.25, 0.3) is 0 Å². The van der Waals surface area contributed by atoms with Gasteiger partial charge in [-0.05, 0) is 6.42 Å². The van der Waals surface area contributed by atoms with Crippen molar-refractivity contribution in [2.24, 2.45) is 0 Å². The minimum atomic E-state index is -1.02. The van der Waals surface area contributed by atoms with Gasteiger partial charge in [0.25, 0.3) is 0 Å². The normalized spacial score (nSPS) is 19.6. The Morgan fingerprint density at radius 1 is 1.56 bits per heavy atom. The first-order chi connectivity index (χ1) is 8.66. The first kappa shape index (κ1) is 14.7. The van der Waals surface area contributed by atoms with E-state index in [1.54, 1.807) is 6.08 Å². The van der Waals surface area contributed by atoms with Crippen LogP contribution in [0.3, 0.4) is 0 Å². The third-order valence-electron chi connectivity index (χ3n) is 2.65. The van der Waals surface area contributed by atoms with Gasteiger partial charge in [-0.3, -0.25) is 4.79 Å². The molecule has 102 valence electrons. The molecular formula is C12H19NO5. The molecule has 0 saturated carbocycles. The van der Waals surface area contributed by atoms with E-state index in [1.807, 2.05) is 0 Å². The molecule has 1 heterocycles. The minimum absolute atomic E-state index is 0.0635. The maximum absolute atomic E-state index is 11.9. The number of carboxylic acids is 1. The van der Waals surface area contributed by atoms with Crippen LogP contribution in [0.4, 0.5) is 0 Å². The van der Waals surface area contributed by atoms with E-state index in [2.05, 4.69) is 6.58 Å². The molecule has 0 aliphatic carbocycles. The fraction of sp³-hybridized carbons (Fsp3) is 0.667. The van der Waals surface area contributed by atoms with Crippen LogP contribution in [0.5, 0.6) is 0 Å². The maximum Gasteiger partial charge on any atom is 0.328 e. The van der Waals surface area contributed by atoms with Gasteiger partial charge < -0.3 is 19.5 Å². The van der Waals surface area contributed by atoms with Crippen molar-refractivity contribution in [2.45, 2.75) is 18.9 Å². The Hall–Kier alpha value is -1.40. The Morgan fingerprint density at radius 2 is 2.33 bits per heavy atom. The first-order valence-corrected chi connectivity index (χ1v) is 5.95. The Bertz CT molecular complexity index is 305. The van der Waals surface area contributed by atoms with Crippen LogP contribution in [0.1, 0.15) is 12.8 Å². The summed E-state index contributed by atoms with van der Waals surface area (Å²) in [5, 5.41) is 8.99. The topological polar surface area (TPSA) is 76.1 Å². The lowest BCUT2D eigenvalue weighted by Gasteiger charge is -2.32. The molecule has 0 aromatic heterocycles. The number of carboxylic acid groups (broad SMARTS) is 1. The number of amides is 1. The lowest BCUT2D eigenvalue weighted by Crippen LogP contribution is -2.52. The predicted molar refractivity (Wildman–Crippen MR) is 64.2 cm³/mol. The Kier molecular flexibility index (Phi) is 6.38. The summed E-state index contributed by atoms with van der Waals surface area (Å²) in [6.45, 7) is 5.24. The van der Waals surface area contributed by atoms with Gasteiger partial charge in [-0.1, -0.05) is 6.08 Å². The average Bonchev–Trinajstić information content (AvgIpc) is 2.38. The number of carbonyl (C=O) groups excluding carboxylic acids is 1. The third-order valence-corrected chi connectivity index (χ3v) is 2.65. The number of rotatable bonds is 7. The van der Waals surface area contributed by atoms with Crippen LogP contribution >= 0.6 is 0 Å². The molecule has 1 aliphatic heterocycles. The van der Waals surface area contributed by atoms with Crippen molar-refractivity contribution < 1.29 is 24.2 Å². The van der Waals surface area contributed by atoms with E-state index >= 15 is 0 Å². The fourth-order valence-corrected chi connectivity index (χ4v) is 1.74. The van der Waals surface area contributed by atoms with E-state index in [0.29, 0.717) is 39.2 Å². The summed E-state index contributed by atoms with van der Waals surface area (Å²) in [5.74, 6) is -1.18. The highest BCUT2D eigenvalue weighted by atomic mass is 16.5. The lowest BCUT2D eigenvalue weighted by molar-refractivity contribution is -0.158. The summed E-state index contributed by atoms with van der Waals surface area (Å²) in [6.07, 6.45) is 2.52. The van der Waals surface area contributed by atoms with Gasteiger partial charge in [-0.15, -0.1) is 6.58 Å². The number of ether oxygens (including phenoxy) is 2. The highest BCUT2D eigenvalue weighted by Gasteiger charge is 2.32. The van der Waals surface area contributed by atoms with Gasteiger partial charge in [-0.2, -0.15) is 0 Å². The molecule has 6 heteroatoms. The quantitative estimate of drug-likeness (QED) is 0.523.